The lowest BCUT2D eigenvalue weighted by molar-refractivity contribution is 0.0234. The summed E-state index contributed by atoms with van der Waals surface area (Å²) in [4.78, 5) is 13.0. The fraction of sp³-hybridized carbons (Fsp3) is 0.421. The van der Waals surface area contributed by atoms with Crippen LogP contribution in [0, 0.1) is 12.8 Å². The van der Waals surface area contributed by atoms with E-state index < -0.39 is 0 Å². The number of fused-ring (bicyclic) bond motifs is 1. The van der Waals surface area contributed by atoms with Crippen molar-refractivity contribution in [3.8, 4) is 0 Å². The van der Waals surface area contributed by atoms with Crippen molar-refractivity contribution in [2.75, 3.05) is 0 Å². The van der Waals surface area contributed by atoms with Gasteiger partial charge in [0.1, 0.15) is 0 Å². The molecule has 1 fully saturated rings. The van der Waals surface area contributed by atoms with Gasteiger partial charge < -0.3 is 10.4 Å². The van der Waals surface area contributed by atoms with Gasteiger partial charge in [0.05, 0.1) is 23.9 Å². The molecule has 0 spiro atoms. The Kier molecular flexibility index (Phi) is 4.03. The Balaban J connectivity index is 1.66. The van der Waals surface area contributed by atoms with Crippen molar-refractivity contribution < 1.29 is 9.90 Å². The van der Waals surface area contributed by atoms with E-state index in [-0.39, 0.29) is 24.0 Å². The molecule has 0 aliphatic heterocycles. The summed E-state index contributed by atoms with van der Waals surface area (Å²) in [5, 5.41) is 22.3. The first kappa shape index (κ1) is 16.8. The molecule has 1 saturated carbocycles. The number of benzene rings is 1. The monoisotopic (exact) mass is 353 g/mol. The molecule has 0 saturated heterocycles. The number of aliphatic hydroxyl groups excluding tert-OH is 1. The van der Waals surface area contributed by atoms with E-state index in [1.165, 1.54) is 0 Å². The summed E-state index contributed by atoms with van der Waals surface area (Å²) >= 11 is 0. The van der Waals surface area contributed by atoms with Crippen molar-refractivity contribution >= 4 is 16.8 Å². The van der Waals surface area contributed by atoms with Gasteiger partial charge >= 0.3 is 0 Å². The third-order valence-corrected chi connectivity index (χ3v) is 5.21. The molecule has 26 heavy (non-hydrogen) atoms. The van der Waals surface area contributed by atoms with Crippen molar-refractivity contribution in [1.82, 2.24) is 24.9 Å². The minimum absolute atomic E-state index is 0.179. The zero-order valence-corrected chi connectivity index (χ0v) is 15.2. The molecular weight excluding hydrogens is 330 g/mol. The molecule has 0 unspecified atom stereocenters. The highest BCUT2D eigenvalue weighted by molar-refractivity contribution is 6.05. The number of nitrogens with zero attached hydrogens (tertiary/aromatic N) is 4. The van der Waals surface area contributed by atoms with E-state index in [1.807, 2.05) is 45.4 Å². The van der Waals surface area contributed by atoms with E-state index in [9.17, 15) is 9.90 Å². The van der Waals surface area contributed by atoms with Crippen LogP contribution in [0.5, 0.6) is 0 Å². The largest absolute Gasteiger partial charge is 0.393 e. The van der Waals surface area contributed by atoms with Crippen LogP contribution in [0.3, 0.4) is 0 Å². The Hall–Kier alpha value is -2.67. The molecule has 2 aromatic heterocycles. The first-order valence-corrected chi connectivity index (χ1v) is 8.83. The molecule has 0 bridgehead atoms. The predicted molar refractivity (Wildman–Crippen MR) is 97.6 cm³/mol. The lowest BCUT2D eigenvalue weighted by Crippen LogP contribution is -2.41. The van der Waals surface area contributed by atoms with Gasteiger partial charge in [0.15, 0.2) is 5.69 Å². The first-order valence-electron chi connectivity index (χ1n) is 8.83. The molecule has 3 aromatic rings. The number of amides is 1. The Morgan fingerprint density at radius 1 is 1.35 bits per heavy atom. The van der Waals surface area contributed by atoms with E-state index in [4.69, 9.17) is 0 Å². The van der Waals surface area contributed by atoms with Crippen LogP contribution in [0.15, 0.2) is 30.6 Å². The third kappa shape index (κ3) is 2.88. The molecule has 4 rings (SSSR count). The molecule has 1 aliphatic rings. The van der Waals surface area contributed by atoms with Crippen molar-refractivity contribution in [2.24, 2.45) is 20.0 Å². The minimum Gasteiger partial charge on any atom is -0.393 e. The van der Waals surface area contributed by atoms with Crippen molar-refractivity contribution in [3.63, 3.8) is 0 Å². The molecular formula is C19H23N5O2. The highest BCUT2D eigenvalue weighted by atomic mass is 16.3. The van der Waals surface area contributed by atoms with Gasteiger partial charge in [-0.05, 0) is 37.8 Å². The van der Waals surface area contributed by atoms with E-state index in [0.717, 1.165) is 22.0 Å². The van der Waals surface area contributed by atoms with Crippen molar-refractivity contribution in [2.45, 2.75) is 31.9 Å². The van der Waals surface area contributed by atoms with Gasteiger partial charge in [-0.3, -0.25) is 14.2 Å². The van der Waals surface area contributed by atoms with Gasteiger partial charge in [-0.25, -0.2) is 0 Å². The highest BCUT2D eigenvalue weighted by Gasteiger charge is 2.36. The average molecular weight is 353 g/mol. The van der Waals surface area contributed by atoms with Gasteiger partial charge in [-0.2, -0.15) is 10.2 Å². The summed E-state index contributed by atoms with van der Waals surface area (Å²) < 4.78 is 3.46. The number of nitrogens with one attached hydrogen (secondary N) is 1. The van der Waals surface area contributed by atoms with E-state index in [2.05, 4.69) is 15.5 Å². The molecule has 1 amide bonds. The standard InChI is InChI=1S/C19H23N5O2/c1-11-4-5-16-15(6-11)18(22-24(16)3)19(26)21-17(12-7-14(25)8-12)13-9-20-23(2)10-13/h4-6,9-10,12,14,17,25H,7-8H2,1-3H3,(H,21,26)/t12?,14?,17-/m0/s1. The summed E-state index contributed by atoms with van der Waals surface area (Å²) in [7, 11) is 3.70. The maximum atomic E-state index is 13.0. The molecule has 1 aromatic carbocycles. The number of carbonyl (C=O) groups excluding carboxylic acids is 1. The molecule has 1 aliphatic carbocycles. The van der Waals surface area contributed by atoms with Crippen LogP contribution in [-0.4, -0.2) is 36.7 Å². The van der Waals surface area contributed by atoms with Gasteiger partial charge in [0.2, 0.25) is 0 Å². The number of hydrogen-bond donors (Lipinski definition) is 2. The molecule has 0 radical (unpaired) electrons. The van der Waals surface area contributed by atoms with E-state index in [0.29, 0.717) is 18.5 Å². The topological polar surface area (TPSA) is 85.0 Å². The molecule has 7 heteroatoms. The molecule has 7 nitrogen and oxygen atoms in total. The average Bonchev–Trinajstić information content (AvgIpc) is 3.13. The van der Waals surface area contributed by atoms with Crippen molar-refractivity contribution in [3.05, 3.63) is 47.4 Å². The number of aromatic nitrogens is 4. The SMILES string of the molecule is Cc1ccc2c(c1)c(C(=O)N[C@H](c1cnn(C)c1)C1CC(O)C1)nn2C. The molecule has 2 N–H and O–H groups in total. The van der Waals surface area contributed by atoms with Crippen LogP contribution >= 0.6 is 0 Å². The first-order chi connectivity index (χ1) is 12.4. The second-order valence-electron chi connectivity index (χ2n) is 7.28. The zero-order valence-electron chi connectivity index (χ0n) is 15.2. The van der Waals surface area contributed by atoms with Gasteiger partial charge in [-0.1, -0.05) is 11.6 Å². The second kappa shape index (κ2) is 6.25. The number of rotatable bonds is 4. The maximum Gasteiger partial charge on any atom is 0.272 e. The lowest BCUT2D eigenvalue weighted by atomic mass is 9.75. The molecule has 1 atom stereocenters. The Labute approximate surface area is 151 Å². The molecule has 2 heterocycles. The van der Waals surface area contributed by atoms with Gasteiger partial charge in [0.25, 0.3) is 5.91 Å². The highest BCUT2D eigenvalue weighted by Crippen LogP contribution is 2.38. The summed E-state index contributed by atoms with van der Waals surface area (Å²) in [6.45, 7) is 2.00. The minimum atomic E-state index is -0.283. The normalized spacial score (nSPS) is 20.8. The summed E-state index contributed by atoms with van der Waals surface area (Å²) in [6, 6.07) is 5.81. The number of aryl methyl sites for hydroxylation is 3. The van der Waals surface area contributed by atoms with Gasteiger partial charge in [0, 0.05) is 31.2 Å². The third-order valence-electron chi connectivity index (χ3n) is 5.21. The second-order valence-corrected chi connectivity index (χ2v) is 7.28. The van der Waals surface area contributed by atoms with Crippen LogP contribution < -0.4 is 5.32 Å². The predicted octanol–water partition coefficient (Wildman–Crippen LogP) is 1.86. The molecule has 136 valence electrons. The van der Waals surface area contributed by atoms with E-state index >= 15 is 0 Å². The Morgan fingerprint density at radius 2 is 2.12 bits per heavy atom. The van der Waals surface area contributed by atoms with E-state index in [1.54, 1.807) is 15.6 Å². The van der Waals surface area contributed by atoms with Crippen LogP contribution in [0.4, 0.5) is 0 Å². The van der Waals surface area contributed by atoms with Crippen molar-refractivity contribution in [1.29, 1.82) is 0 Å². The lowest BCUT2D eigenvalue weighted by Gasteiger charge is -2.37. The number of hydrogen-bond acceptors (Lipinski definition) is 4. The zero-order chi connectivity index (χ0) is 18.4. The number of carbonyl (C=O) groups is 1. The van der Waals surface area contributed by atoms with Crippen LogP contribution in [0.1, 0.15) is 40.5 Å². The Morgan fingerprint density at radius 3 is 2.77 bits per heavy atom. The quantitative estimate of drug-likeness (QED) is 0.750. The fourth-order valence-corrected chi connectivity index (χ4v) is 3.73. The maximum absolute atomic E-state index is 13.0. The van der Waals surface area contributed by atoms with Crippen LogP contribution in [0.25, 0.3) is 10.9 Å². The summed E-state index contributed by atoms with van der Waals surface area (Å²) in [5.41, 5.74) is 3.40. The van der Waals surface area contributed by atoms with Crippen LogP contribution in [-0.2, 0) is 14.1 Å². The summed E-state index contributed by atoms with van der Waals surface area (Å²) in [6.07, 6.45) is 4.77. The number of aliphatic hydroxyl groups is 1. The summed E-state index contributed by atoms with van der Waals surface area (Å²) in [5.74, 6) is 0.00584. The Bertz CT molecular complexity index is 968. The van der Waals surface area contributed by atoms with Crippen LogP contribution in [0.2, 0.25) is 0 Å². The smallest absolute Gasteiger partial charge is 0.272 e. The fourth-order valence-electron chi connectivity index (χ4n) is 3.73. The van der Waals surface area contributed by atoms with Gasteiger partial charge in [-0.15, -0.1) is 0 Å².